The number of carbonyl (C=O) groups excluding carboxylic acids is 1. The molecule has 1 aliphatic heterocycles. The van der Waals surface area contributed by atoms with Gasteiger partial charge in [-0.05, 0) is 79.5 Å². The first kappa shape index (κ1) is 18.4. The van der Waals surface area contributed by atoms with Gasteiger partial charge in [0.15, 0.2) is 0 Å². The number of urea groups is 1. The first-order valence-corrected chi connectivity index (χ1v) is 12.3. The Morgan fingerprint density at radius 1 is 1.00 bits per heavy atom. The number of carbonyl (C=O) groups is 1. The predicted molar refractivity (Wildman–Crippen MR) is 109 cm³/mol. The third kappa shape index (κ3) is 3.32. The van der Waals surface area contributed by atoms with Gasteiger partial charge in [-0.15, -0.1) is 0 Å². The summed E-state index contributed by atoms with van der Waals surface area (Å²) in [6.07, 6.45) is 10.1. The number of nitrogens with zero attached hydrogens (tertiary/aromatic N) is 1. The van der Waals surface area contributed by atoms with E-state index in [0.29, 0.717) is 13.1 Å². The first-order valence-electron chi connectivity index (χ1n) is 10.7. The number of rotatable bonds is 5. The molecule has 1 saturated carbocycles. The Labute approximate surface area is 167 Å². The van der Waals surface area contributed by atoms with Crippen LogP contribution in [0.5, 0.6) is 0 Å². The lowest BCUT2D eigenvalue weighted by molar-refractivity contribution is 0.123. The normalized spacial score (nSPS) is 22.3. The molecule has 1 saturated heterocycles. The van der Waals surface area contributed by atoms with Gasteiger partial charge < -0.3 is 10.2 Å². The third-order valence-corrected chi connectivity index (χ3v) is 8.70. The van der Waals surface area contributed by atoms with Gasteiger partial charge in [0.2, 0.25) is 10.0 Å². The van der Waals surface area contributed by atoms with Crippen LogP contribution in [0.2, 0.25) is 0 Å². The maximum atomic E-state index is 12.6. The Kier molecular flexibility index (Phi) is 4.62. The van der Waals surface area contributed by atoms with E-state index >= 15 is 0 Å². The molecule has 0 unspecified atom stereocenters. The fourth-order valence-corrected chi connectivity index (χ4v) is 6.52. The zero-order valence-electron chi connectivity index (χ0n) is 16.3. The van der Waals surface area contributed by atoms with E-state index in [1.807, 2.05) is 0 Å². The Morgan fingerprint density at radius 3 is 2.21 bits per heavy atom. The van der Waals surface area contributed by atoms with Gasteiger partial charge in [-0.3, -0.25) is 0 Å². The van der Waals surface area contributed by atoms with Gasteiger partial charge in [-0.25, -0.2) is 17.9 Å². The maximum Gasteiger partial charge on any atom is 0.332 e. The van der Waals surface area contributed by atoms with E-state index in [9.17, 15) is 13.2 Å². The van der Waals surface area contributed by atoms with Crippen LogP contribution < -0.4 is 10.0 Å². The van der Waals surface area contributed by atoms with Crippen molar-refractivity contribution in [2.45, 2.75) is 63.0 Å². The van der Waals surface area contributed by atoms with Crippen LogP contribution in [0, 0.1) is 5.92 Å². The highest BCUT2D eigenvalue weighted by atomic mass is 32.2. The second kappa shape index (κ2) is 7.02. The molecule has 2 N–H and O–H groups in total. The molecule has 3 aliphatic carbocycles. The summed E-state index contributed by atoms with van der Waals surface area (Å²) in [4.78, 5) is 14.8. The topological polar surface area (TPSA) is 78.5 Å². The van der Waals surface area contributed by atoms with Gasteiger partial charge in [0.25, 0.3) is 0 Å². The average Bonchev–Trinajstić information content (AvgIpc) is 3.19. The summed E-state index contributed by atoms with van der Waals surface area (Å²) < 4.78 is 27.5. The number of likely N-dealkylation sites (tertiary alicyclic amines) is 1. The summed E-state index contributed by atoms with van der Waals surface area (Å²) >= 11 is 0. The van der Waals surface area contributed by atoms with Crippen LogP contribution in [0.4, 0.5) is 10.5 Å². The number of sulfonamides is 1. The summed E-state index contributed by atoms with van der Waals surface area (Å²) in [5.74, 6) is 0.738. The minimum absolute atomic E-state index is 0.481. The summed E-state index contributed by atoms with van der Waals surface area (Å²) in [5.41, 5.74) is 5.95. The van der Waals surface area contributed by atoms with Crippen molar-refractivity contribution in [3.8, 4) is 0 Å². The van der Waals surface area contributed by atoms with Crippen molar-refractivity contribution < 1.29 is 13.2 Å². The van der Waals surface area contributed by atoms with E-state index in [4.69, 9.17) is 0 Å². The third-order valence-electron chi connectivity index (χ3n) is 7.05. The van der Waals surface area contributed by atoms with Gasteiger partial charge in [0.1, 0.15) is 5.25 Å². The summed E-state index contributed by atoms with van der Waals surface area (Å²) in [6, 6.07) is 1.70. The highest BCUT2D eigenvalue weighted by molar-refractivity contribution is 7.90. The quantitative estimate of drug-likeness (QED) is 0.792. The monoisotopic (exact) mass is 403 g/mol. The van der Waals surface area contributed by atoms with E-state index in [1.165, 1.54) is 41.5 Å². The number of hydrogen-bond acceptors (Lipinski definition) is 4. The van der Waals surface area contributed by atoms with Crippen LogP contribution >= 0.6 is 0 Å². The molecule has 0 bridgehead atoms. The molecule has 28 heavy (non-hydrogen) atoms. The Morgan fingerprint density at radius 2 is 1.64 bits per heavy atom. The van der Waals surface area contributed by atoms with Gasteiger partial charge in [0, 0.05) is 25.3 Å². The minimum atomic E-state index is -3.63. The number of benzene rings is 1. The van der Waals surface area contributed by atoms with Crippen molar-refractivity contribution in [1.29, 1.82) is 0 Å². The van der Waals surface area contributed by atoms with Crippen molar-refractivity contribution in [3.05, 3.63) is 28.3 Å². The molecule has 1 heterocycles. The molecule has 0 spiro atoms. The van der Waals surface area contributed by atoms with E-state index in [2.05, 4.69) is 21.0 Å². The van der Waals surface area contributed by atoms with Crippen molar-refractivity contribution >= 4 is 21.7 Å². The van der Waals surface area contributed by atoms with Gasteiger partial charge in [-0.2, -0.15) is 0 Å². The highest BCUT2D eigenvalue weighted by Crippen LogP contribution is 2.38. The number of amides is 2. The van der Waals surface area contributed by atoms with E-state index in [-0.39, 0.29) is 0 Å². The Bertz CT molecular complexity index is 870. The molecule has 7 heteroatoms. The van der Waals surface area contributed by atoms with E-state index in [0.717, 1.165) is 56.7 Å². The number of hydrogen-bond donors (Lipinski definition) is 2. The fourth-order valence-electron chi connectivity index (χ4n) is 5.23. The maximum absolute atomic E-state index is 12.6. The van der Waals surface area contributed by atoms with Crippen molar-refractivity contribution in [1.82, 2.24) is 9.62 Å². The largest absolute Gasteiger partial charge is 0.332 e. The van der Waals surface area contributed by atoms with Crippen LogP contribution in [0.1, 0.15) is 54.4 Å². The van der Waals surface area contributed by atoms with Crippen LogP contribution in [0.15, 0.2) is 6.07 Å². The van der Waals surface area contributed by atoms with Gasteiger partial charge in [0.05, 0.1) is 0 Å². The van der Waals surface area contributed by atoms with Crippen molar-refractivity contribution in [3.63, 3.8) is 0 Å². The second-order valence-electron chi connectivity index (χ2n) is 8.97. The second-order valence-corrected chi connectivity index (χ2v) is 10.9. The number of anilines is 1. The molecular formula is C21H29N3O3S. The molecule has 2 amide bonds. The molecule has 1 aromatic carbocycles. The lowest BCUT2D eigenvalue weighted by Gasteiger charge is -2.42. The minimum Gasteiger partial charge on any atom is -0.307 e. The summed E-state index contributed by atoms with van der Waals surface area (Å²) in [7, 11) is -3.63. The van der Waals surface area contributed by atoms with Crippen LogP contribution in [-0.4, -0.2) is 44.2 Å². The predicted octanol–water partition coefficient (Wildman–Crippen LogP) is 2.60. The van der Waals surface area contributed by atoms with Crippen molar-refractivity contribution in [2.24, 2.45) is 5.92 Å². The molecule has 0 atom stereocenters. The van der Waals surface area contributed by atoms with E-state index < -0.39 is 21.3 Å². The Hall–Kier alpha value is -1.60. The molecule has 5 rings (SSSR count). The number of aryl methyl sites for hydroxylation is 2. The molecule has 1 aromatic rings. The smallest absolute Gasteiger partial charge is 0.307 e. The molecule has 0 aromatic heterocycles. The fraction of sp³-hybridized carbons (Fsp3) is 0.667. The molecule has 2 fully saturated rings. The van der Waals surface area contributed by atoms with Crippen LogP contribution in [0.25, 0.3) is 0 Å². The van der Waals surface area contributed by atoms with Gasteiger partial charge in [-0.1, -0.05) is 12.5 Å². The average molecular weight is 404 g/mol. The molecule has 152 valence electrons. The highest BCUT2D eigenvalue weighted by Gasteiger charge is 2.39. The molecule has 4 aliphatic rings. The standard InChI is InChI=1S/C21H29N3O3S/c25-21(23-28(26,27)17-12-24(13-17)11-14-4-1-5-14)22-20-18-8-2-6-15(18)10-16-7-3-9-19(16)20/h10,14,17H,1-9,11-13H2,(H2,22,23,25). The van der Waals surface area contributed by atoms with Crippen LogP contribution in [-0.2, 0) is 35.7 Å². The van der Waals surface area contributed by atoms with Crippen molar-refractivity contribution in [2.75, 3.05) is 25.0 Å². The number of nitrogens with one attached hydrogen (secondary N) is 2. The zero-order valence-corrected chi connectivity index (χ0v) is 17.1. The molecule has 0 radical (unpaired) electrons. The summed E-state index contributed by atoms with van der Waals surface area (Å²) in [6.45, 7) is 2.07. The molecular weight excluding hydrogens is 374 g/mol. The number of fused-ring (bicyclic) bond motifs is 2. The first-order chi connectivity index (χ1) is 13.5. The Balaban J connectivity index is 1.23. The lowest BCUT2D eigenvalue weighted by atomic mass is 9.84. The molecule has 6 nitrogen and oxygen atoms in total. The summed E-state index contributed by atoms with van der Waals surface area (Å²) in [5, 5.41) is 2.44. The lowest BCUT2D eigenvalue weighted by Crippen LogP contribution is -2.59. The SMILES string of the molecule is O=C(Nc1c2c(cc3c1CCC3)CCC2)NS(=O)(=O)C1CN(CC2CCC2)C1. The zero-order chi connectivity index (χ0) is 19.3. The van der Waals surface area contributed by atoms with Gasteiger partial charge >= 0.3 is 6.03 Å². The van der Waals surface area contributed by atoms with Crippen LogP contribution in [0.3, 0.4) is 0 Å². The van der Waals surface area contributed by atoms with E-state index in [1.54, 1.807) is 0 Å².